The molecule has 0 atom stereocenters. The fourth-order valence-corrected chi connectivity index (χ4v) is 3.34. The standard InChI is InChI=1S/C28H49NO13/c1-25(30)5-4-10-35-12-14-37-16-18-39-20-22-41-24-23-40-21-19-38-17-15-36-13-11-34-9-3-2-6-28(33)42-29-26(31)7-8-27(29)32/h2-24H2,1H3. The fraction of sp³-hybridized carbons (Fsp3) is 0.857. The van der Waals surface area contributed by atoms with Crippen LogP contribution in [0.25, 0.3) is 0 Å². The first-order valence-corrected chi connectivity index (χ1v) is 14.7. The maximum absolute atomic E-state index is 11.7. The first-order chi connectivity index (χ1) is 20.5. The zero-order chi connectivity index (χ0) is 30.5. The first kappa shape index (κ1) is 38.0. The van der Waals surface area contributed by atoms with Gasteiger partial charge in [-0.15, -0.1) is 5.06 Å². The van der Waals surface area contributed by atoms with Gasteiger partial charge in [-0.3, -0.25) is 9.59 Å². The van der Waals surface area contributed by atoms with Crippen LogP contribution in [0.1, 0.15) is 51.9 Å². The van der Waals surface area contributed by atoms with Gasteiger partial charge in [-0.25, -0.2) is 4.79 Å². The van der Waals surface area contributed by atoms with Crippen LogP contribution in [0.15, 0.2) is 0 Å². The molecule has 1 fully saturated rings. The van der Waals surface area contributed by atoms with E-state index in [0.717, 1.165) is 6.42 Å². The van der Waals surface area contributed by atoms with Gasteiger partial charge in [-0.05, 0) is 26.2 Å². The maximum atomic E-state index is 11.7. The van der Waals surface area contributed by atoms with Gasteiger partial charge in [0, 0.05) is 38.9 Å². The summed E-state index contributed by atoms with van der Waals surface area (Å²) in [7, 11) is 0. The summed E-state index contributed by atoms with van der Waals surface area (Å²) in [5, 5.41) is 0.560. The van der Waals surface area contributed by atoms with Crippen LogP contribution in [0, 0.1) is 0 Å². The summed E-state index contributed by atoms with van der Waals surface area (Å²) in [6, 6.07) is 0. The van der Waals surface area contributed by atoms with Crippen LogP contribution in [-0.4, -0.2) is 134 Å². The monoisotopic (exact) mass is 607 g/mol. The summed E-state index contributed by atoms with van der Waals surface area (Å²) < 4.78 is 43.4. The lowest BCUT2D eigenvalue weighted by atomic mass is 10.2. The number of amides is 2. The Morgan fingerprint density at radius 2 is 0.833 bits per heavy atom. The Kier molecular flexibility index (Phi) is 25.1. The molecule has 0 saturated carbocycles. The molecule has 1 aliphatic heterocycles. The summed E-state index contributed by atoms with van der Waals surface area (Å²) >= 11 is 0. The maximum Gasteiger partial charge on any atom is 0.333 e. The minimum atomic E-state index is -0.599. The number of ketones is 1. The number of hydroxylamine groups is 2. The lowest BCUT2D eigenvalue weighted by Gasteiger charge is -2.12. The molecule has 42 heavy (non-hydrogen) atoms. The number of hydrogen-bond acceptors (Lipinski definition) is 13. The molecule has 0 unspecified atom stereocenters. The number of Topliss-reactive ketones (excluding diaryl/α,β-unsaturated/α-hetero) is 1. The van der Waals surface area contributed by atoms with Gasteiger partial charge < -0.3 is 47.5 Å². The fourth-order valence-electron chi connectivity index (χ4n) is 3.34. The van der Waals surface area contributed by atoms with Crippen molar-refractivity contribution in [1.29, 1.82) is 0 Å². The van der Waals surface area contributed by atoms with Gasteiger partial charge in [-0.2, -0.15) is 0 Å². The third-order valence-electron chi connectivity index (χ3n) is 5.54. The second-order valence-corrected chi connectivity index (χ2v) is 9.21. The zero-order valence-corrected chi connectivity index (χ0v) is 25.0. The SMILES string of the molecule is CC(=O)CCCOCCOCCOCCOCCOCCOCCOCCOCCCCC(=O)ON1C(=O)CCC1=O. The molecule has 0 aromatic rings. The number of nitrogens with zero attached hydrogens (tertiary/aromatic N) is 1. The van der Waals surface area contributed by atoms with E-state index in [1.54, 1.807) is 6.92 Å². The van der Waals surface area contributed by atoms with Gasteiger partial charge in [0.25, 0.3) is 11.8 Å². The molecule has 0 aromatic carbocycles. The second kappa shape index (κ2) is 27.8. The second-order valence-electron chi connectivity index (χ2n) is 9.21. The lowest BCUT2D eigenvalue weighted by molar-refractivity contribution is -0.197. The van der Waals surface area contributed by atoms with Crippen LogP contribution in [0.2, 0.25) is 0 Å². The summed E-state index contributed by atoms with van der Waals surface area (Å²) in [5.74, 6) is -1.38. The van der Waals surface area contributed by atoms with E-state index in [-0.39, 0.29) is 25.0 Å². The number of ether oxygens (including phenoxy) is 8. The van der Waals surface area contributed by atoms with Crippen LogP contribution in [0.5, 0.6) is 0 Å². The topological polar surface area (TPSA) is 155 Å². The molecule has 0 aliphatic carbocycles. The Balaban J connectivity index is 1.67. The van der Waals surface area contributed by atoms with Crippen LogP contribution in [-0.2, 0) is 61.9 Å². The Morgan fingerprint density at radius 1 is 0.500 bits per heavy atom. The third kappa shape index (κ3) is 23.5. The van der Waals surface area contributed by atoms with E-state index in [1.807, 2.05) is 0 Å². The smallest absolute Gasteiger partial charge is 0.333 e. The van der Waals surface area contributed by atoms with E-state index in [1.165, 1.54) is 0 Å². The van der Waals surface area contributed by atoms with E-state index in [0.29, 0.717) is 130 Å². The van der Waals surface area contributed by atoms with Gasteiger partial charge in [0.1, 0.15) is 5.78 Å². The predicted octanol–water partition coefficient (Wildman–Crippen LogP) is 1.27. The predicted molar refractivity (Wildman–Crippen MR) is 147 cm³/mol. The molecule has 0 bridgehead atoms. The molecule has 14 heteroatoms. The first-order valence-electron chi connectivity index (χ1n) is 14.7. The number of unbranched alkanes of at least 4 members (excludes halogenated alkanes) is 1. The molecule has 0 N–H and O–H groups in total. The van der Waals surface area contributed by atoms with E-state index >= 15 is 0 Å². The van der Waals surface area contributed by atoms with E-state index in [4.69, 9.17) is 42.7 Å². The Hall–Kier alpha value is -2.04. The molecule has 2 amide bonds. The van der Waals surface area contributed by atoms with Crippen molar-refractivity contribution in [2.45, 2.75) is 51.9 Å². The normalized spacial score (nSPS) is 13.3. The van der Waals surface area contributed by atoms with Crippen molar-refractivity contribution in [3.63, 3.8) is 0 Å². The number of rotatable bonds is 31. The van der Waals surface area contributed by atoms with E-state index < -0.39 is 17.8 Å². The highest BCUT2D eigenvalue weighted by Gasteiger charge is 2.32. The van der Waals surface area contributed by atoms with Gasteiger partial charge in [0.15, 0.2) is 0 Å². The molecule has 1 rings (SSSR count). The van der Waals surface area contributed by atoms with Crippen LogP contribution in [0.4, 0.5) is 0 Å². The summed E-state index contributed by atoms with van der Waals surface area (Å²) in [5.41, 5.74) is 0. The highest BCUT2D eigenvalue weighted by Crippen LogP contribution is 2.13. The van der Waals surface area contributed by atoms with Gasteiger partial charge >= 0.3 is 5.97 Å². The average molecular weight is 608 g/mol. The number of carbonyl (C=O) groups excluding carboxylic acids is 4. The molecule has 0 aromatic heterocycles. The van der Waals surface area contributed by atoms with Gasteiger partial charge in [0.2, 0.25) is 0 Å². The van der Waals surface area contributed by atoms with E-state index in [9.17, 15) is 19.2 Å². The highest BCUT2D eigenvalue weighted by atomic mass is 16.7. The van der Waals surface area contributed by atoms with Crippen molar-refractivity contribution in [2.24, 2.45) is 0 Å². The summed E-state index contributed by atoms with van der Waals surface area (Å²) in [4.78, 5) is 50.1. The number of carbonyl (C=O) groups is 4. The Morgan fingerprint density at radius 3 is 1.19 bits per heavy atom. The molecule has 1 heterocycles. The Bertz CT molecular complexity index is 706. The molecule has 0 spiro atoms. The number of hydrogen-bond donors (Lipinski definition) is 0. The van der Waals surface area contributed by atoms with Crippen molar-refractivity contribution in [1.82, 2.24) is 5.06 Å². The highest BCUT2D eigenvalue weighted by molar-refractivity contribution is 6.01. The third-order valence-corrected chi connectivity index (χ3v) is 5.54. The van der Waals surface area contributed by atoms with Gasteiger partial charge in [-0.1, -0.05) is 0 Å². The molecule has 0 radical (unpaired) electrons. The number of imide groups is 1. The average Bonchev–Trinajstić information content (AvgIpc) is 3.28. The van der Waals surface area contributed by atoms with Crippen LogP contribution < -0.4 is 0 Å². The van der Waals surface area contributed by atoms with Crippen molar-refractivity contribution in [2.75, 3.05) is 106 Å². The minimum absolute atomic E-state index is 0.0830. The summed E-state index contributed by atoms with van der Waals surface area (Å²) in [6.45, 7) is 9.29. The molecule has 1 saturated heterocycles. The zero-order valence-electron chi connectivity index (χ0n) is 25.0. The van der Waals surface area contributed by atoms with Crippen LogP contribution in [0.3, 0.4) is 0 Å². The molecule has 14 nitrogen and oxygen atoms in total. The van der Waals surface area contributed by atoms with E-state index in [2.05, 4.69) is 0 Å². The van der Waals surface area contributed by atoms with Crippen molar-refractivity contribution < 1.29 is 61.9 Å². The molecular weight excluding hydrogens is 558 g/mol. The molecule has 1 aliphatic rings. The van der Waals surface area contributed by atoms with Crippen molar-refractivity contribution in [3.8, 4) is 0 Å². The van der Waals surface area contributed by atoms with Crippen molar-refractivity contribution in [3.05, 3.63) is 0 Å². The molecule has 244 valence electrons. The van der Waals surface area contributed by atoms with Crippen LogP contribution >= 0.6 is 0 Å². The molecular formula is C28H49NO13. The quantitative estimate of drug-likeness (QED) is 0.0821. The van der Waals surface area contributed by atoms with Gasteiger partial charge in [0.05, 0.1) is 92.5 Å². The lowest BCUT2D eigenvalue weighted by Crippen LogP contribution is -2.31. The minimum Gasteiger partial charge on any atom is -0.379 e. The Labute approximate surface area is 248 Å². The largest absolute Gasteiger partial charge is 0.379 e. The van der Waals surface area contributed by atoms with Crippen molar-refractivity contribution >= 4 is 23.6 Å². The summed E-state index contributed by atoms with van der Waals surface area (Å²) in [6.07, 6.45) is 2.76.